The zero-order valence-corrected chi connectivity index (χ0v) is 11.7. The van der Waals surface area contributed by atoms with E-state index < -0.39 is 21.7 Å². The second-order valence-corrected chi connectivity index (χ2v) is 6.77. The predicted octanol–water partition coefficient (Wildman–Crippen LogP) is 1.89. The Bertz CT molecular complexity index is 557. The number of halogens is 2. The van der Waals surface area contributed by atoms with Gasteiger partial charge in [-0.3, -0.25) is 0 Å². The second kappa shape index (κ2) is 6.15. The molecule has 0 radical (unpaired) electrons. The van der Waals surface area contributed by atoms with Crippen molar-refractivity contribution >= 4 is 10.0 Å². The van der Waals surface area contributed by atoms with Crippen molar-refractivity contribution in [2.75, 3.05) is 13.2 Å². The van der Waals surface area contributed by atoms with Crippen molar-refractivity contribution < 1.29 is 22.3 Å². The summed E-state index contributed by atoms with van der Waals surface area (Å²) in [5, 5.41) is 8.84. The molecule has 1 fully saturated rings. The first kappa shape index (κ1) is 15.3. The monoisotopic (exact) mass is 305 g/mol. The topological polar surface area (TPSA) is 57.6 Å². The highest BCUT2D eigenvalue weighted by molar-refractivity contribution is 7.89. The molecule has 1 aliphatic rings. The van der Waals surface area contributed by atoms with Crippen LogP contribution in [0.1, 0.15) is 25.7 Å². The third kappa shape index (κ3) is 3.16. The molecule has 1 saturated heterocycles. The molecule has 0 saturated carbocycles. The molecule has 1 aromatic carbocycles. The molecule has 1 unspecified atom stereocenters. The van der Waals surface area contributed by atoms with E-state index in [1.807, 2.05) is 0 Å². The zero-order chi connectivity index (χ0) is 14.8. The second-order valence-electron chi connectivity index (χ2n) is 4.88. The summed E-state index contributed by atoms with van der Waals surface area (Å²) in [4.78, 5) is -0.356. The molecule has 1 atom stereocenters. The molecule has 0 bridgehead atoms. The third-order valence-corrected chi connectivity index (χ3v) is 5.39. The van der Waals surface area contributed by atoms with E-state index in [0.29, 0.717) is 38.3 Å². The van der Waals surface area contributed by atoms with Gasteiger partial charge in [-0.1, -0.05) is 0 Å². The number of sulfonamides is 1. The lowest BCUT2D eigenvalue weighted by Crippen LogP contribution is -2.35. The maximum Gasteiger partial charge on any atom is 0.243 e. The maximum atomic E-state index is 13.2. The summed E-state index contributed by atoms with van der Waals surface area (Å²) in [5.41, 5.74) is 0. The van der Waals surface area contributed by atoms with Crippen molar-refractivity contribution in [3.05, 3.63) is 29.8 Å². The van der Waals surface area contributed by atoms with Gasteiger partial charge in [0.1, 0.15) is 11.6 Å². The first-order chi connectivity index (χ1) is 9.45. The third-order valence-electron chi connectivity index (χ3n) is 3.46. The smallest absolute Gasteiger partial charge is 0.243 e. The van der Waals surface area contributed by atoms with Gasteiger partial charge in [0.25, 0.3) is 0 Å². The van der Waals surface area contributed by atoms with Gasteiger partial charge in [0.2, 0.25) is 10.0 Å². The summed E-state index contributed by atoms with van der Waals surface area (Å²) in [6.45, 7) is 0.343. The highest BCUT2D eigenvalue weighted by Crippen LogP contribution is 2.29. The minimum Gasteiger partial charge on any atom is -0.396 e. The van der Waals surface area contributed by atoms with Crippen LogP contribution in [0.2, 0.25) is 0 Å². The van der Waals surface area contributed by atoms with E-state index >= 15 is 0 Å². The quantitative estimate of drug-likeness (QED) is 0.904. The van der Waals surface area contributed by atoms with E-state index in [1.54, 1.807) is 0 Å². The summed E-state index contributed by atoms with van der Waals surface area (Å²) in [6.07, 6.45) is 2.48. The average Bonchev–Trinajstić information content (AvgIpc) is 2.84. The van der Waals surface area contributed by atoms with Gasteiger partial charge in [-0.05, 0) is 37.8 Å². The van der Waals surface area contributed by atoms with Gasteiger partial charge >= 0.3 is 0 Å². The molecule has 1 aliphatic heterocycles. The molecule has 0 spiro atoms. The Hall–Kier alpha value is -1.05. The minimum atomic E-state index is -3.89. The van der Waals surface area contributed by atoms with Gasteiger partial charge in [-0.15, -0.1) is 0 Å². The summed E-state index contributed by atoms with van der Waals surface area (Å²) in [6, 6.07) is 2.10. The SMILES string of the molecule is O=S(=O)(c1cc(F)cc(F)c1)N1CCCC1CCCO. The fourth-order valence-corrected chi connectivity index (χ4v) is 4.32. The summed E-state index contributed by atoms with van der Waals surface area (Å²) in [7, 11) is -3.89. The lowest BCUT2D eigenvalue weighted by atomic mass is 10.1. The van der Waals surface area contributed by atoms with E-state index in [4.69, 9.17) is 5.11 Å². The van der Waals surface area contributed by atoms with E-state index in [9.17, 15) is 17.2 Å². The fourth-order valence-electron chi connectivity index (χ4n) is 2.55. The van der Waals surface area contributed by atoms with Crippen LogP contribution in [0.3, 0.4) is 0 Å². The van der Waals surface area contributed by atoms with Crippen LogP contribution in [0.15, 0.2) is 23.1 Å². The van der Waals surface area contributed by atoms with Crippen LogP contribution in [0.4, 0.5) is 8.78 Å². The molecule has 4 nitrogen and oxygen atoms in total. The summed E-state index contributed by atoms with van der Waals surface area (Å²) in [5.74, 6) is -1.82. The summed E-state index contributed by atoms with van der Waals surface area (Å²) >= 11 is 0. The Balaban J connectivity index is 2.29. The molecular formula is C13H17F2NO3S. The molecule has 1 heterocycles. The largest absolute Gasteiger partial charge is 0.396 e. The molecule has 112 valence electrons. The van der Waals surface area contributed by atoms with E-state index in [1.165, 1.54) is 4.31 Å². The van der Waals surface area contributed by atoms with Crippen molar-refractivity contribution in [2.24, 2.45) is 0 Å². The molecule has 20 heavy (non-hydrogen) atoms. The highest BCUT2D eigenvalue weighted by atomic mass is 32.2. The van der Waals surface area contributed by atoms with Crippen LogP contribution in [0, 0.1) is 11.6 Å². The molecule has 0 aliphatic carbocycles. The van der Waals surface area contributed by atoms with E-state index in [0.717, 1.165) is 12.1 Å². The van der Waals surface area contributed by atoms with Gasteiger partial charge in [-0.2, -0.15) is 4.31 Å². The van der Waals surface area contributed by atoms with E-state index in [2.05, 4.69) is 0 Å². The minimum absolute atomic E-state index is 0.00101. The Labute approximate surface area is 117 Å². The Morgan fingerprint density at radius 1 is 1.25 bits per heavy atom. The highest BCUT2D eigenvalue weighted by Gasteiger charge is 2.35. The van der Waals surface area contributed by atoms with Crippen LogP contribution >= 0.6 is 0 Å². The van der Waals surface area contributed by atoms with Gasteiger partial charge < -0.3 is 5.11 Å². The van der Waals surface area contributed by atoms with Crippen molar-refractivity contribution in [1.29, 1.82) is 0 Å². The van der Waals surface area contributed by atoms with Crippen molar-refractivity contribution in [3.8, 4) is 0 Å². The van der Waals surface area contributed by atoms with Gasteiger partial charge in [0.05, 0.1) is 4.90 Å². The Morgan fingerprint density at radius 3 is 2.50 bits per heavy atom. The van der Waals surface area contributed by atoms with E-state index in [-0.39, 0.29) is 17.5 Å². The lowest BCUT2D eigenvalue weighted by molar-refractivity contribution is 0.264. The fraction of sp³-hybridized carbons (Fsp3) is 0.538. The van der Waals surface area contributed by atoms with Crippen LogP contribution in [-0.4, -0.2) is 37.0 Å². The predicted molar refractivity (Wildman–Crippen MR) is 69.6 cm³/mol. The molecule has 7 heteroatoms. The van der Waals surface area contributed by atoms with Gasteiger partial charge in [0, 0.05) is 25.3 Å². The van der Waals surface area contributed by atoms with Crippen LogP contribution in [0.25, 0.3) is 0 Å². The summed E-state index contributed by atoms with van der Waals surface area (Å²) < 4.78 is 52.6. The normalized spacial score (nSPS) is 20.4. The number of aliphatic hydroxyl groups excluding tert-OH is 1. The molecular weight excluding hydrogens is 288 g/mol. The first-order valence-electron chi connectivity index (χ1n) is 6.54. The lowest BCUT2D eigenvalue weighted by Gasteiger charge is -2.24. The molecule has 2 rings (SSSR count). The number of benzene rings is 1. The number of rotatable bonds is 5. The zero-order valence-electron chi connectivity index (χ0n) is 10.9. The number of aliphatic hydroxyl groups is 1. The number of nitrogens with zero attached hydrogens (tertiary/aromatic N) is 1. The first-order valence-corrected chi connectivity index (χ1v) is 7.98. The molecule has 0 aromatic heterocycles. The number of hydrogen-bond acceptors (Lipinski definition) is 3. The average molecular weight is 305 g/mol. The van der Waals surface area contributed by atoms with Crippen molar-refractivity contribution in [1.82, 2.24) is 4.31 Å². The Kier molecular flexibility index (Phi) is 4.72. The van der Waals surface area contributed by atoms with Crippen LogP contribution < -0.4 is 0 Å². The molecule has 1 N–H and O–H groups in total. The van der Waals surface area contributed by atoms with Gasteiger partial charge in [0.15, 0.2) is 0 Å². The standard InChI is InChI=1S/C13H17F2NO3S/c14-10-7-11(15)9-13(8-10)20(18,19)16-5-1-3-12(16)4-2-6-17/h7-9,12,17H,1-6H2. The van der Waals surface area contributed by atoms with Crippen LogP contribution in [0.5, 0.6) is 0 Å². The van der Waals surface area contributed by atoms with Crippen molar-refractivity contribution in [3.63, 3.8) is 0 Å². The molecule has 0 amide bonds. The van der Waals surface area contributed by atoms with Gasteiger partial charge in [-0.25, -0.2) is 17.2 Å². The van der Waals surface area contributed by atoms with Crippen LogP contribution in [-0.2, 0) is 10.0 Å². The maximum absolute atomic E-state index is 13.2. The van der Waals surface area contributed by atoms with Crippen molar-refractivity contribution in [2.45, 2.75) is 36.6 Å². The number of hydrogen-bond donors (Lipinski definition) is 1. The Morgan fingerprint density at radius 2 is 1.90 bits per heavy atom. The molecule has 1 aromatic rings.